The van der Waals surface area contributed by atoms with Gasteiger partial charge < -0.3 is 15.8 Å². The number of hydrogen-bond acceptors (Lipinski definition) is 6. The number of amidine groups is 1. The first-order chi connectivity index (χ1) is 8.42. The number of amides is 1. The monoisotopic (exact) mass is 295 g/mol. The standard InChI is InChI=1S/C9H17N3O4S2/c1-2-18(15,16)9-6-17-4-3-12(9)8(13)5-7(10)11-14/h9,14H,2-6H2,1H3,(H2,10,11). The normalized spacial score (nSPS) is 21.9. The maximum atomic E-state index is 11.9. The molecule has 0 aromatic heterocycles. The summed E-state index contributed by atoms with van der Waals surface area (Å²) in [4.78, 5) is 13.2. The highest BCUT2D eigenvalue weighted by Gasteiger charge is 2.35. The van der Waals surface area contributed by atoms with Gasteiger partial charge in [-0.3, -0.25) is 4.79 Å². The van der Waals surface area contributed by atoms with Crippen molar-refractivity contribution in [2.45, 2.75) is 18.7 Å². The lowest BCUT2D eigenvalue weighted by atomic mass is 10.3. The average Bonchev–Trinajstić information content (AvgIpc) is 2.38. The number of carbonyl (C=O) groups is 1. The van der Waals surface area contributed by atoms with Crippen molar-refractivity contribution in [1.29, 1.82) is 0 Å². The van der Waals surface area contributed by atoms with Gasteiger partial charge in [-0.2, -0.15) is 11.8 Å². The molecule has 18 heavy (non-hydrogen) atoms. The second-order valence-electron chi connectivity index (χ2n) is 3.84. The molecule has 0 aromatic carbocycles. The molecule has 1 unspecified atom stereocenters. The van der Waals surface area contributed by atoms with Gasteiger partial charge in [0.2, 0.25) is 5.91 Å². The van der Waals surface area contributed by atoms with Crippen molar-refractivity contribution in [1.82, 2.24) is 4.90 Å². The van der Waals surface area contributed by atoms with Gasteiger partial charge in [-0.05, 0) is 0 Å². The molecule has 104 valence electrons. The maximum absolute atomic E-state index is 11.9. The quantitative estimate of drug-likeness (QED) is 0.312. The predicted octanol–water partition coefficient (Wildman–Crippen LogP) is -0.541. The van der Waals surface area contributed by atoms with E-state index in [2.05, 4.69) is 5.16 Å². The van der Waals surface area contributed by atoms with Crippen LogP contribution in [0.5, 0.6) is 0 Å². The fourth-order valence-corrected chi connectivity index (χ4v) is 4.64. The molecule has 1 heterocycles. The van der Waals surface area contributed by atoms with Gasteiger partial charge in [0.25, 0.3) is 0 Å². The highest BCUT2D eigenvalue weighted by molar-refractivity contribution is 8.01. The van der Waals surface area contributed by atoms with Crippen molar-refractivity contribution >= 4 is 33.3 Å². The Kier molecular flexibility index (Phi) is 5.27. The topological polar surface area (TPSA) is 113 Å². The highest BCUT2D eigenvalue weighted by Crippen LogP contribution is 2.22. The van der Waals surface area contributed by atoms with Gasteiger partial charge in [-0.25, -0.2) is 8.42 Å². The van der Waals surface area contributed by atoms with E-state index in [1.54, 1.807) is 6.92 Å². The van der Waals surface area contributed by atoms with E-state index in [-0.39, 0.29) is 18.0 Å². The third-order valence-corrected chi connectivity index (χ3v) is 5.97. The van der Waals surface area contributed by atoms with Crippen LogP contribution in [0.3, 0.4) is 0 Å². The van der Waals surface area contributed by atoms with E-state index in [1.807, 2.05) is 0 Å². The third-order valence-electron chi connectivity index (χ3n) is 2.68. The predicted molar refractivity (Wildman–Crippen MR) is 70.3 cm³/mol. The summed E-state index contributed by atoms with van der Waals surface area (Å²) in [5.41, 5.74) is 5.27. The lowest BCUT2D eigenvalue weighted by Crippen LogP contribution is -2.51. The zero-order valence-corrected chi connectivity index (χ0v) is 11.7. The second kappa shape index (κ2) is 6.28. The van der Waals surface area contributed by atoms with E-state index in [0.29, 0.717) is 18.1 Å². The fourth-order valence-electron chi connectivity index (χ4n) is 1.65. The van der Waals surface area contributed by atoms with Gasteiger partial charge >= 0.3 is 0 Å². The van der Waals surface area contributed by atoms with Crippen LogP contribution in [0.2, 0.25) is 0 Å². The SMILES string of the molecule is CCS(=O)(=O)C1CSCCN1C(=O)CC(N)=NO. The molecule has 3 N–H and O–H groups in total. The summed E-state index contributed by atoms with van der Waals surface area (Å²) in [6, 6.07) is 0. The first kappa shape index (κ1) is 15.1. The first-order valence-electron chi connectivity index (χ1n) is 5.47. The van der Waals surface area contributed by atoms with E-state index < -0.39 is 21.1 Å². The van der Waals surface area contributed by atoms with Crippen molar-refractivity contribution in [2.75, 3.05) is 23.8 Å². The Labute approximate surface area is 110 Å². The van der Waals surface area contributed by atoms with Gasteiger partial charge in [0.1, 0.15) is 11.2 Å². The molecule has 1 atom stereocenters. The summed E-state index contributed by atoms with van der Waals surface area (Å²) >= 11 is 1.51. The molecule has 1 saturated heterocycles. The van der Waals surface area contributed by atoms with E-state index in [4.69, 9.17) is 10.9 Å². The Balaban J connectivity index is 2.86. The summed E-state index contributed by atoms with van der Waals surface area (Å²) in [7, 11) is -3.32. The molecule has 0 bridgehead atoms. The van der Waals surface area contributed by atoms with Crippen molar-refractivity contribution in [3.05, 3.63) is 0 Å². The molecule has 0 aromatic rings. The van der Waals surface area contributed by atoms with Gasteiger partial charge in [-0.1, -0.05) is 12.1 Å². The third kappa shape index (κ3) is 3.52. The molecule has 0 spiro atoms. The van der Waals surface area contributed by atoms with Crippen LogP contribution in [0.1, 0.15) is 13.3 Å². The van der Waals surface area contributed by atoms with Gasteiger partial charge in [0.15, 0.2) is 9.84 Å². The first-order valence-corrected chi connectivity index (χ1v) is 8.34. The molecule has 1 amide bonds. The Bertz CT molecular complexity index is 435. The van der Waals surface area contributed by atoms with Crippen molar-refractivity contribution in [3.63, 3.8) is 0 Å². The Hall–Kier alpha value is -0.960. The molecule has 0 aliphatic carbocycles. The molecule has 1 aliphatic heterocycles. The Morgan fingerprint density at radius 2 is 2.28 bits per heavy atom. The largest absolute Gasteiger partial charge is 0.409 e. The van der Waals surface area contributed by atoms with Crippen LogP contribution in [0, 0.1) is 0 Å². The van der Waals surface area contributed by atoms with Gasteiger partial charge in [-0.15, -0.1) is 0 Å². The number of nitrogens with two attached hydrogens (primary N) is 1. The van der Waals surface area contributed by atoms with Crippen LogP contribution < -0.4 is 5.73 Å². The molecular weight excluding hydrogens is 278 g/mol. The average molecular weight is 295 g/mol. The van der Waals surface area contributed by atoms with Crippen LogP contribution >= 0.6 is 11.8 Å². The van der Waals surface area contributed by atoms with Crippen LogP contribution in [-0.4, -0.2) is 59.4 Å². The Morgan fingerprint density at radius 3 is 2.83 bits per heavy atom. The second-order valence-corrected chi connectivity index (χ2v) is 7.43. The zero-order valence-electron chi connectivity index (χ0n) is 10.1. The smallest absolute Gasteiger partial charge is 0.231 e. The summed E-state index contributed by atoms with van der Waals surface area (Å²) in [5, 5.41) is 10.3. The van der Waals surface area contributed by atoms with Gasteiger partial charge in [0.05, 0.1) is 6.42 Å². The van der Waals surface area contributed by atoms with Crippen molar-refractivity contribution in [3.8, 4) is 0 Å². The molecule has 1 aliphatic rings. The summed E-state index contributed by atoms with van der Waals surface area (Å²) in [5.74, 6) is 0.417. The van der Waals surface area contributed by atoms with E-state index in [9.17, 15) is 13.2 Å². The van der Waals surface area contributed by atoms with Crippen LogP contribution in [0.25, 0.3) is 0 Å². The van der Waals surface area contributed by atoms with Crippen molar-refractivity contribution in [2.24, 2.45) is 10.9 Å². The van der Waals surface area contributed by atoms with Crippen LogP contribution in [-0.2, 0) is 14.6 Å². The molecular formula is C9H17N3O4S2. The van der Waals surface area contributed by atoms with Crippen LogP contribution in [0.4, 0.5) is 0 Å². The number of sulfone groups is 1. The molecule has 0 saturated carbocycles. The fraction of sp³-hybridized carbons (Fsp3) is 0.778. The summed E-state index contributed by atoms with van der Waals surface area (Å²) in [6.07, 6.45) is -0.267. The number of nitrogens with zero attached hydrogens (tertiary/aromatic N) is 2. The van der Waals surface area contributed by atoms with Crippen molar-refractivity contribution < 1.29 is 18.4 Å². The van der Waals surface area contributed by atoms with E-state index in [0.717, 1.165) is 0 Å². The molecule has 1 rings (SSSR count). The van der Waals surface area contributed by atoms with Crippen LogP contribution in [0.15, 0.2) is 5.16 Å². The molecule has 7 nitrogen and oxygen atoms in total. The lowest BCUT2D eigenvalue weighted by Gasteiger charge is -2.34. The number of oxime groups is 1. The lowest BCUT2D eigenvalue weighted by molar-refractivity contribution is -0.130. The number of thioether (sulfide) groups is 1. The minimum absolute atomic E-state index is 0.00836. The van der Waals surface area contributed by atoms with Gasteiger partial charge in [0, 0.05) is 23.8 Å². The minimum atomic E-state index is -3.32. The molecule has 1 fully saturated rings. The minimum Gasteiger partial charge on any atom is -0.409 e. The van der Waals surface area contributed by atoms with E-state index >= 15 is 0 Å². The summed E-state index contributed by atoms with van der Waals surface area (Å²) in [6.45, 7) is 1.92. The number of rotatable bonds is 4. The highest BCUT2D eigenvalue weighted by atomic mass is 32.2. The zero-order chi connectivity index (χ0) is 13.8. The number of hydrogen-bond donors (Lipinski definition) is 2. The molecule has 9 heteroatoms. The summed E-state index contributed by atoms with van der Waals surface area (Å²) < 4.78 is 23.8. The van der Waals surface area contributed by atoms with E-state index in [1.165, 1.54) is 16.7 Å². The Morgan fingerprint density at radius 1 is 1.61 bits per heavy atom. The molecule has 0 radical (unpaired) electrons. The number of carbonyl (C=O) groups excluding carboxylic acids is 1. The maximum Gasteiger partial charge on any atom is 0.231 e.